The van der Waals surface area contributed by atoms with Crippen molar-refractivity contribution in [3.8, 4) is 0 Å². The summed E-state index contributed by atoms with van der Waals surface area (Å²) in [6.45, 7) is 6.26. The van der Waals surface area contributed by atoms with Gasteiger partial charge in [0.15, 0.2) is 5.82 Å². The molecule has 1 aliphatic heterocycles. The van der Waals surface area contributed by atoms with Crippen LogP contribution in [0, 0.1) is 5.41 Å². The summed E-state index contributed by atoms with van der Waals surface area (Å²) in [6, 6.07) is -1.39. The number of β-amino-alcohol motifs (C(OH)–C–C–N with tert-alkyl or cyclic N) is 1. The number of aromatic nitrogens is 6. The van der Waals surface area contributed by atoms with Crippen LogP contribution in [0.25, 0.3) is 0 Å². The average Bonchev–Trinajstić information content (AvgIpc) is 3.20. The Kier molecular flexibility index (Phi) is 6.14. The summed E-state index contributed by atoms with van der Waals surface area (Å²) in [5.74, 6) is 1.98. The molecule has 11 nitrogen and oxygen atoms in total. The van der Waals surface area contributed by atoms with Crippen LogP contribution in [0.3, 0.4) is 0 Å². The maximum Gasteiger partial charge on any atom is 0.248 e. The molecule has 11 heteroatoms. The minimum Gasteiger partial charge on any atom is -0.391 e. The van der Waals surface area contributed by atoms with Gasteiger partial charge in [0.1, 0.15) is 17.9 Å². The Morgan fingerprint density at radius 3 is 2.51 bits per heavy atom. The van der Waals surface area contributed by atoms with Crippen LogP contribution in [0.2, 0.25) is 0 Å². The highest BCUT2D eigenvalue weighted by molar-refractivity contribution is 5.90. The highest BCUT2D eigenvalue weighted by Crippen LogP contribution is 2.40. The molecule has 2 aliphatic carbocycles. The molecule has 0 spiro atoms. The van der Waals surface area contributed by atoms with E-state index in [9.17, 15) is 14.7 Å². The SMILES string of the molecule is Cn1c(CNC(=O)C2CC(O)CN2C(=O)[C@@H](n2cc(C3CC3)nn2)C(C)(C)C)nnc1C1CCC1. The Labute approximate surface area is 205 Å². The maximum atomic E-state index is 13.8. The smallest absolute Gasteiger partial charge is 0.248 e. The number of likely N-dealkylation sites (tertiary alicyclic amines) is 1. The second-order valence-electron chi connectivity index (χ2n) is 11.4. The minimum absolute atomic E-state index is 0.115. The van der Waals surface area contributed by atoms with Gasteiger partial charge in [-0.1, -0.05) is 32.4 Å². The number of nitrogens with zero attached hydrogens (tertiary/aromatic N) is 7. The second kappa shape index (κ2) is 9.00. The molecule has 190 valence electrons. The number of aliphatic hydroxyl groups excluding tert-OH is 1. The largest absolute Gasteiger partial charge is 0.391 e. The molecule has 2 aromatic rings. The molecular formula is C24H36N8O3. The Hall–Kier alpha value is -2.82. The molecule has 3 heterocycles. The molecule has 0 radical (unpaired) electrons. The van der Waals surface area contributed by atoms with E-state index < -0.39 is 23.6 Å². The summed E-state index contributed by atoms with van der Waals surface area (Å²) in [5.41, 5.74) is 0.448. The molecule has 3 atom stereocenters. The molecule has 2 aromatic heterocycles. The summed E-state index contributed by atoms with van der Waals surface area (Å²) < 4.78 is 3.59. The first kappa shape index (κ1) is 23.9. The number of hydrogen-bond acceptors (Lipinski definition) is 7. The Bertz CT molecular complexity index is 1090. The van der Waals surface area contributed by atoms with Crippen molar-refractivity contribution in [3.63, 3.8) is 0 Å². The summed E-state index contributed by atoms with van der Waals surface area (Å²) in [7, 11) is 1.92. The average molecular weight is 485 g/mol. The van der Waals surface area contributed by atoms with Gasteiger partial charge in [-0.25, -0.2) is 4.68 Å². The van der Waals surface area contributed by atoms with Crippen LogP contribution in [0.4, 0.5) is 0 Å². The summed E-state index contributed by atoms with van der Waals surface area (Å²) in [6.07, 6.45) is 6.96. The van der Waals surface area contributed by atoms with Crippen molar-refractivity contribution in [1.82, 2.24) is 40.0 Å². The van der Waals surface area contributed by atoms with Crippen LogP contribution in [-0.4, -0.2) is 70.3 Å². The summed E-state index contributed by atoms with van der Waals surface area (Å²) >= 11 is 0. The van der Waals surface area contributed by atoms with Gasteiger partial charge in [-0.2, -0.15) is 0 Å². The fourth-order valence-electron chi connectivity index (χ4n) is 5.16. The number of carbonyl (C=O) groups excluding carboxylic acids is 2. The van der Waals surface area contributed by atoms with Gasteiger partial charge < -0.3 is 19.9 Å². The van der Waals surface area contributed by atoms with Gasteiger partial charge >= 0.3 is 0 Å². The van der Waals surface area contributed by atoms with E-state index in [1.807, 2.05) is 38.6 Å². The maximum absolute atomic E-state index is 13.8. The fraction of sp³-hybridized carbons (Fsp3) is 0.750. The zero-order valence-electron chi connectivity index (χ0n) is 21.0. The van der Waals surface area contributed by atoms with Crippen LogP contribution in [0.15, 0.2) is 6.20 Å². The van der Waals surface area contributed by atoms with E-state index in [0.717, 1.165) is 37.2 Å². The number of hydrogen-bond donors (Lipinski definition) is 2. The Morgan fingerprint density at radius 1 is 1.14 bits per heavy atom. The lowest BCUT2D eigenvalue weighted by Gasteiger charge is -2.34. The highest BCUT2D eigenvalue weighted by Gasteiger charge is 2.45. The van der Waals surface area contributed by atoms with Crippen molar-refractivity contribution in [2.45, 2.75) is 95.9 Å². The van der Waals surface area contributed by atoms with Crippen molar-refractivity contribution in [1.29, 1.82) is 0 Å². The van der Waals surface area contributed by atoms with Crippen LogP contribution in [-0.2, 0) is 23.2 Å². The minimum atomic E-state index is -0.756. The van der Waals surface area contributed by atoms with E-state index in [-0.39, 0.29) is 31.3 Å². The van der Waals surface area contributed by atoms with Crippen molar-refractivity contribution >= 4 is 11.8 Å². The van der Waals surface area contributed by atoms with Crippen LogP contribution >= 0.6 is 0 Å². The van der Waals surface area contributed by atoms with Gasteiger partial charge in [-0.05, 0) is 31.1 Å². The second-order valence-corrected chi connectivity index (χ2v) is 11.4. The third-order valence-corrected chi connectivity index (χ3v) is 7.60. The van der Waals surface area contributed by atoms with Gasteiger partial charge in [0, 0.05) is 38.0 Å². The van der Waals surface area contributed by atoms with Gasteiger partial charge in [0.2, 0.25) is 11.8 Å². The number of aliphatic hydroxyl groups is 1. The van der Waals surface area contributed by atoms with Gasteiger partial charge in [-0.15, -0.1) is 15.3 Å². The molecule has 3 fully saturated rings. The molecule has 5 rings (SSSR count). The Morgan fingerprint density at radius 2 is 1.89 bits per heavy atom. The first-order chi connectivity index (χ1) is 16.6. The molecule has 0 aromatic carbocycles. The standard InChI is InChI=1S/C24H36N8O3/c1-24(2,3)20(32-13-17(26-29-32)14-8-9-14)23(35)31-12-16(33)10-18(31)22(34)25-11-19-27-28-21(30(19)4)15-6-5-7-15/h13-16,18,20,33H,5-12H2,1-4H3,(H,25,34)/t16?,18?,20-/m1/s1. The molecule has 3 aliphatic rings. The van der Waals surface area contributed by atoms with Crippen molar-refractivity contribution in [2.75, 3.05) is 6.54 Å². The molecule has 2 unspecified atom stereocenters. The lowest BCUT2D eigenvalue weighted by atomic mass is 9.85. The molecule has 0 bridgehead atoms. The molecular weight excluding hydrogens is 448 g/mol. The zero-order chi connectivity index (χ0) is 24.9. The zero-order valence-corrected chi connectivity index (χ0v) is 21.0. The highest BCUT2D eigenvalue weighted by atomic mass is 16.3. The summed E-state index contributed by atoms with van der Waals surface area (Å²) in [5, 5.41) is 30.5. The molecule has 35 heavy (non-hydrogen) atoms. The molecule has 2 amide bonds. The predicted octanol–water partition coefficient (Wildman–Crippen LogP) is 1.42. The number of rotatable bonds is 7. The summed E-state index contributed by atoms with van der Waals surface area (Å²) in [4.78, 5) is 28.5. The van der Waals surface area contributed by atoms with Gasteiger partial charge in [-0.3, -0.25) is 9.59 Å². The fourth-order valence-corrected chi connectivity index (χ4v) is 5.16. The van der Waals surface area contributed by atoms with Gasteiger partial charge in [0.05, 0.1) is 18.3 Å². The predicted molar refractivity (Wildman–Crippen MR) is 126 cm³/mol. The van der Waals surface area contributed by atoms with Crippen LogP contribution in [0.1, 0.15) is 94.5 Å². The Balaban J connectivity index is 1.30. The number of amides is 2. The van der Waals surface area contributed by atoms with E-state index in [1.54, 1.807) is 4.68 Å². The van der Waals surface area contributed by atoms with Gasteiger partial charge in [0.25, 0.3) is 0 Å². The van der Waals surface area contributed by atoms with E-state index in [0.29, 0.717) is 17.7 Å². The first-order valence-electron chi connectivity index (χ1n) is 12.7. The lowest BCUT2D eigenvalue weighted by molar-refractivity contribution is -0.144. The normalized spacial score (nSPS) is 23.9. The topological polar surface area (TPSA) is 131 Å². The van der Waals surface area contributed by atoms with E-state index >= 15 is 0 Å². The van der Waals surface area contributed by atoms with E-state index in [4.69, 9.17) is 0 Å². The number of carbonyl (C=O) groups is 2. The van der Waals surface area contributed by atoms with Crippen LogP contribution in [0.5, 0.6) is 0 Å². The van der Waals surface area contributed by atoms with Crippen molar-refractivity contribution < 1.29 is 14.7 Å². The van der Waals surface area contributed by atoms with E-state index in [2.05, 4.69) is 25.8 Å². The lowest BCUT2D eigenvalue weighted by Crippen LogP contribution is -2.50. The van der Waals surface area contributed by atoms with Crippen LogP contribution < -0.4 is 5.32 Å². The van der Waals surface area contributed by atoms with E-state index in [1.165, 1.54) is 11.3 Å². The third kappa shape index (κ3) is 4.70. The molecule has 1 saturated heterocycles. The van der Waals surface area contributed by atoms with Crippen molar-refractivity contribution in [3.05, 3.63) is 23.5 Å². The third-order valence-electron chi connectivity index (χ3n) is 7.60. The van der Waals surface area contributed by atoms with Crippen molar-refractivity contribution in [2.24, 2.45) is 12.5 Å². The monoisotopic (exact) mass is 484 g/mol. The molecule has 2 saturated carbocycles. The number of nitrogens with one attached hydrogen (secondary N) is 1. The molecule has 2 N–H and O–H groups in total. The quantitative estimate of drug-likeness (QED) is 0.608. The first-order valence-corrected chi connectivity index (χ1v) is 12.7.